The van der Waals surface area contributed by atoms with Crippen LogP contribution < -0.4 is 16.0 Å². The lowest BCUT2D eigenvalue weighted by molar-refractivity contribution is -0.158. The van der Waals surface area contributed by atoms with Crippen molar-refractivity contribution >= 4 is 36.4 Å². The van der Waals surface area contributed by atoms with Gasteiger partial charge in [-0.15, -0.1) is 0 Å². The summed E-state index contributed by atoms with van der Waals surface area (Å²) in [4.78, 5) is 61.4. The number of anilines is 1. The van der Waals surface area contributed by atoms with Gasteiger partial charge < -0.3 is 15.5 Å². The van der Waals surface area contributed by atoms with Crippen LogP contribution in [-0.4, -0.2) is 71.5 Å². The Balaban J connectivity index is 1.51. The van der Waals surface area contributed by atoms with E-state index >= 15 is 0 Å². The highest BCUT2D eigenvalue weighted by atomic mass is 16.5. The van der Waals surface area contributed by atoms with Crippen LogP contribution in [0.15, 0.2) is 24.3 Å². The monoisotopic (exact) mass is 501 g/mol. The predicted octanol–water partition coefficient (Wildman–Crippen LogP) is 1.66. The standard InChI is InChI=1S/C25H35N5O6/c31-16-27-21-9-7-18(8-10-21)11-12-26-25(35)28-23(33)22-6-3-13-30(22)24(34)20(15-29(36)17-32)14-19-4-1-2-5-19/h7-10,16-17,19-20,22,36H,1-6,11-15H2,(H,27,31)(H2,26,28,33,35)/t20?,22-/m0/s1. The molecule has 1 aromatic carbocycles. The fourth-order valence-electron chi connectivity index (χ4n) is 5.10. The minimum absolute atomic E-state index is 0.115. The smallest absolute Gasteiger partial charge is 0.321 e. The fourth-order valence-corrected chi connectivity index (χ4v) is 5.10. The SMILES string of the molecule is O=CNc1ccc(CCNC(=O)NC(=O)[C@@H]2CCCN2C(=O)C(CC2CCCC2)CN(O)C=O)cc1. The summed E-state index contributed by atoms with van der Waals surface area (Å²) in [6.07, 6.45) is 7.29. The van der Waals surface area contributed by atoms with Gasteiger partial charge in [0, 0.05) is 18.8 Å². The van der Waals surface area contributed by atoms with E-state index in [2.05, 4.69) is 16.0 Å². The van der Waals surface area contributed by atoms with Gasteiger partial charge in [-0.05, 0) is 49.3 Å². The van der Waals surface area contributed by atoms with Crippen LogP contribution in [0, 0.1) is 11.8 Å². The van der Waals surface area contributed by atoms with E-state index in [0.29, 0.717) is 61.9 Å². The van der Waals surface area contributed by atoms with Crippen LogP contribution in [-0.2, 0) is 25.6 Å². The number of hydrogen-bond donors (Lipinski definition) is 4. The summed E-state index contributed by atoms with van der Waals surface area (Å²) in [5.74, 6) is -1.05. The average molecular weight is 502 g/mol. The molecule has 1 aromatic rings. The van der Waals surface area contributed by atoms with E-state index in [9.17, 15) is 29.2 Å². The second-order valence-corrected chi connectivity index (χ2v) is 9.45. The number of likely N-dealkylation sites (tertiary alicyclic amines) is 1. The summed E-state index contributed by atoms with van der Waals surface area (Å²) >= 11 is 0. The quantitative estimate of drug-likeness (QED) is 0.194. The van der Waals surface area contributed by atoms with Gasteiger partial charge in [0.25, 0.3) is 5.91 Å². The first-order valence-corrected chi connectivity index (χ1v) is 12.5. The Labute approximate surface area is 210 Å². The molecular formula is C25H35N5O6. The summed E-state index contributed by atoms with van der Waals surface area (Å²) in [5.41, 5.74) is 1.62. The van der Waals surface area contributed by atoms with Crippen molar-refractivity contribution in [3.63, 3.8) is 0 Å². The first-order chi connectivity index (χ1) is 17.4. The van der Waals surface area contributed by atoms with Gasteiger partial charge in [0.2, 0.25) is 18.7 Å². The maximum absolute atomic E-state index is 13.3. The zero-order chi connectivity index (χ0) is 25.9. The molecule has 3 rings (SSSR count). The van der Waals surface area contributed by atoms with Crippen LogP contribution in [0.2, 0.25) is 0 Å². The molecule has 0 spiro atoms. The molecule has 196 valence electrons. The number of urea groups is 1. The number of hydrogen-bond acceptors (Lipinski definition) is 6. The molecule has 36 heavy (non-hydrogen) atoms. The third-order valence-corrected chi connectivity index (χ3v) is 6.92. The van der Waals surface area contributed by atoms with Crippen molar-refractivity contribution in [2.45, 2.75) is 57.4 Å². The van der Waals surface area contributed by atoms with Gasteiger partial charge in [-0.3, -0.25) is 29.7 Å². The summed E-state index contributed by atoms with van der Waals surface area (Å²) < 4.78 is 0. The fraction of sp³-hybridized carbons (Fsp3) is 0.560. The Bertz CT molecular complexity index is 918. The second-order valence-electron chi connectivity index (χ2n) is 9.45. The van der Waals surface area contributed by atoms with Crippen LogP contribution >= 0.6 is 0 Å². The highest BCUT2D eigenvalue weighted by Gasteiger charge is 2.39. The second kappa shape index (κ2) is 13.6. The Hall–Kier alpha value is -3.47. The Morgan fingerprint density at radius 1 is 1.08 bits per heavy atom. The van der Waals surface area contributed by atoms with Crippen molar-refractivity contribution in [2.24, 2.45) is 11.8 Å². The van der Waals surface area contributed by atoms with Gasteiger partial charge in [0.1, 0.15) is 6.04 Å². The first kappa shape index (κ1) is 27.1. The van der Waals surface area contributed by atoms with Crippen molar-refractivity contribution in [3.8, 4) is 0 Å². The number of benzene rings is 1. The molecule has 1 aliphatic carbocycles. The predicted molar refractivity (Wildman–Crippen MR) is 131 cm³/mol. The molecule has 11 heteroatoms. The van der Waals surface area contributed by atoms with Crippen LogP contribution in [0.3, 0.4) is 0 Å². The lowest BCUT2D eigenvalue weighted by atomic mass is 9.91. The van der Waals surface area contributed by atoms with Gasteiger partial charge in [-0.2, -0.15) is 0 Å². The van der Waals surface area contributed by atoms with Crippen LogP contribution in [0.25, 0.3) is 0 Å². The number of rotatable bonds is 12. The first-order valence-electron chi connectivity index (χ1n) is 12.5. The van der Waals surface area contributed by atoms with Gasteiger partial charge in [-0.25, -0.2) is 9.86 Å². The Morgan fingerprint density at radius 2 is 1.81 bits per heavy atom. The van der Waals surface area contributed by atoms with E-state index in [4.69, 9.17) is 0 Å². The molecule has 0 aromatic heterocycles. The van der Waals surface area contributed by atoms with Crippen LogP contribution in [0.4, 0.5) is 10.5 Å². The number of nitrogens with one attached hydrogen (secondary N) is 3. The van der Waals surface area contributed by atoms with E-state index in [1.807, 2.05) is 12.1 Å². The molecule has 0 bridgehead atoms. The number of imide groups is 1. The molecular weight excluding hydrogens is 466 g/mol. The summed E-state index contributed by atoms with van der Waals surface area (Å²) in [6.45, 7) is 0.575. The summed E-state index contributed by atoms with van der Waals surface area (Å²) in [5, 5.41) is 17.8. The van der Waals surface area contributed by atoms with E-state index in [1.165, 1.54) is 4.90 Å². The zero-order valence-corrected chi connectivity index (χ0v) is 20.4. The van der Waals surface area contributed by atoms with Gasteiger partial charge in [0.05, 0.1) is 12.5 Å². The maximum atomic E-state index is 13.3. The number of nitrogens with zero attached hydrogens (tertiary/aromatic N) is 2. The molecule has 6 amide bonds. The molecule has 1 saturated carbocycles. The Morgan fingerprint density at radius 3 is 2.47 bits per heavy atom. The Kier molecular flexibility index (Phi) is 10.2. The minimum atomic E-state index is -0.768. The molecule has 1 aliphatic heterocycles. The van der Waals surface area contributed by atoms with Gasteiger partial charge in [-0.1, -0.05) is 37.8 Å². The van der Waals surface area contributed by atoms with E-state index in [-0.39, 0.29) is 18.9 Å². The third-order valence-electron chi connectivity index (χ3n) is 6.92. The highest BCUT2D eigenvalue weighted by Crippen LogP contribution is 2.32. The van der Waals surface area contributed by atoms with Crippen LogP contribution in [0.5, 0.6) is 0 Å². The lowest BCUT2D eigenvalue weighted by Crippen LogP contribution is -2.52. The molecule has 0 radical (unpaired) electrons. The number of carbonyl (C=O) groups excluding carboxylic acids is 5. The summed E-state index contributed by atoms with van der Waals surface area (Å²) in [6, 6.07) is 5.77. The van der Waals surface area contributed by atoms with Crippen molar-refractivity contribution in [2.75, 3.05) is 25.0 Å². The topological polar surface area (TPSA) is 148 Å². The molecule has 11 nitrogen and oxygen atoms in total. The zero-order valence-electron chi connectivity index (χ0n) is 20.4. The molecule has 2 fully saturated rings. The molecule has 2 aliphatic rings. The maximum Gasteiger partial charge on any atom is 0.321 e. The molecule has 2 atom stereocenters. The number of carbonyl (C=O) groups is 5. The van der Waals surface area contributed by atoms with Crippen LogP contribution in [0.1, 0.15) is 50.5 Å². The largest absolute Gasteiger partial charge is 0.337 e. The van der Waals surface area contributed by atoms with Gasteiger partial charge >= 0.3 is 6.03 Å². The number of amides is 6. The normalized spacial score (nSPS) is 18.4. The van der Waals surface area contributed by atoms with E-state index < -0.39 is 23.9 Å². The average Bonchev–Trinajstić information content (AvgIpc) is 3.57. The lowest BCUT2D eigenvalue weighted by Gasteiger charge is -2.30. The van der Waals surface area contributed by atoms with E-state index in [1.54, 1.807) is 12.1 Å². The molecule has 4 N–H and O–H groups in total. The van der Waals surface area contributed by atoms with Gasteiger partial charge in [0.15, 0.2) is 0 Å². The van der Waals surface area contributed by atoms with E-state index in [0.717, 1.165) is 31.2 Å². The molecule has 1 unspecified atom stereocenters. The summed E-state index contributed by atoms with van der Waals surface area (Å²) in [7, 11) is 0. The van der Waals surface area contributed by atoms with Crippen molar-refractivity contribution in [3.05, 3.63) is 29.8 Å². The minimum Gasteiger partial charge on any atom is -0.337 e. The van der Waals surface area contributed by atoms with Crippen molar-refractivity contribution < 1.29 is 29.2 Å². The van der Waals surface area contributed by atoms with Crippen molar-refractivity contribution in [1.29, 1.82) is 0 Å². The third kappa shape index (κ3) is 7.77. The number of hydroxylamine groups is 2. The highest BCUT2D eigenvalue weighted by molar-refractivity contribution is 5.99. The molecule has 1 saturated heterocycles. The molecule has 1 heterocycles. The van der Waals surface area contributed by atoms with Crippen molar-refractivity contribution in [1.82, 2.24) is 20.6 Å².